The number of phenols is 1. The van der Waals surface area contributed by atoms with E-state index in [9.17, 15) is 5.11 Å². The fourth-order valence-corrected chi connectivity index (χ4v) is 1.66. The average Bonchev–Trinajstić information content (AvgIpc) is 2.41. The number of aromatic nitrogens is 1. The zero-order valence-corrected chi connectivity index (χ0v) is 10.4. The molecule has 2 aromatic rings. The Morgan fingerprint density at radius 2 is 1.94 bits per heavy atom. The van der Waals surface area contributed by atoms with Crippen LogP contribution in [0, 0.1) is 0 Å². The molecule has 0 radical (unpaired) electrons. The van der Waals surface area contributed by atoms with Gasteiger partial charge >= 0.3 is 0 Å². The van der Waals surface area contributed by atoms with Gasteiger partial charge in [0.25, 0.3) is 0 Å². The number of rotatable bonds is 3. The molecule has 1 aromatic carbocycles. The molecule has 0 saturated heterocycles. The lowest BCUT2D eigenvalue weighted by molar-refractivity contribution is 0.397. The lowest BCUT2D eigenvalue weighted by Gasteiger charge is -2.04. The van der Waals surface area contributed by atoms with Crippen molar-refractivity contribution < 1.29 is 9.84 Å². The average molecular weight is 241 g/mol. The van der Waals surface area contributed by atoms with E-state index in [1.165, 1.54) is 0 Å². The second-order valence-electron chi connectivity index (χ2n) is 3.95. The van der Waals surface area contributed by atoms with E-state index in [1.54, 1.807) is 25.3 Å². The van der Waals surface area contributed by atoms with E-state index < -0.39 is 0 Å². The van der Waals surface area contributed by atoms with Gasteiger partial charge in [0.2, 0.25) is 5.88 Å². The summed E-state index contributed by atoms with van der Waals surface area (Å²) >= 11 is 0. The minimum absolute atomic E-state index is 0.264. The number of aromatic hydroxyl groups is 1. The number of hydrogen-bond acceptors (Lipinski definition) is 3. The van der Waals surface area contributed by atoms with Gasteiger partial charge in [-0.15, -0.1) is 0 Å². The van der Waals surface area contributed by atoms with Gasteiger partial charge in [0.05, 0.1) is 12.8 Å². The molecule has 0 fully saturated rings. The lowest BCUT2D eigenvalue weighted by Crippen LogP contribution is -1.91. The molecular formula is C15H15NO2. The van der Waals surface area contributed by atoms with Crippen LogP contribution in [-0.2, 0) is 0 Å². The molecule has 0 aliphatic heterocycles. The molecule has 0 unspecified atom stereocenters. The van der Waals surface area contributed by atoms with Crippen LogP contribution in [-0.4, -0.2) is 17.2 Å². The normalized spacial score (nSPS) is 11.3. The molecule has 3 nitrogen and oxygen atoms in total. The maximum Gasteiger partial charge on any atom is 0.213 e. The van der Waals surface area contributed by atoms with Gasteiger partial charge in [-0.2, -0.15) is 0 Å². The SMILES string of the molecule is COc1cccc(/C(C)=C/c2ccccc2O)n1. The van der Waals surface area contributed by atoms with Crippen LogP contribution in [0.2, 0.25) is 0 Å². The van der Waals surface area contributed by atoms with Gasteiger partial charge in [0.15, 0.2) is 0 Å². The van der Waals surface area contributed by atoms with Crippen molar-refractivity contribution in [2.75, 3.05) is 7.11 Å². The Hall–Kier alpha value is -2.29. The number of benzene rings is 1. The molecule has 0 saturated carbocycles. The Kier molecular flexibility index (Phi) is 3.63. The third-order valence-corrected chi connectivity index (χ3v) is 2.65. The summed E-state index contributed by atoms with van der Waals surface area (Å²) in [5.74, 6) is 0.845. The summed E-state index contributed by atoms with van der Waals surface area (Å²) in [4.78, 5) is 4.34. The summed E-state index contributed by atoms with van der Waals surface area (Å²) in [5.41, 5.74) is 2.58. The van der Waals surface area contributed by atoms with E-state index >= 15 is 0 Å². The number of ether oxygens (including phenoxy) is 1. The summed E-state index contributed by atoms with van der Waals surface area (Å²) in [5, 5.41) is 9.72. The molecule has 0 aliphatic rings. The monoisotopic (exact) mass is 241 g/mol. The fourth-order valence-electron chi connectivity index (χ4n) is 1.66. The zero-order valence-electron chi connectivity index (χ0n) is 10.4. The van der Waals surface area contributed by atoms with Crippen molar-refractivity contribution in [3.8, 4) is 11.6 Å². The minimum atomic E-state index is 0.264. The molecule has 3 heteroatoms. The highest BCUT2D eigenvalue weighted by Gasteiger charge is 2.02. The van der Waals surface area contributed by atoms with Crippen LogP contribution in [0.4, 0.5) is 0 Å². The number of pyridine rings is 1. The van der Waals surface area contributed by atoms with E-state index in [2.05, 4.69) is 4.98 Å². The van der Waals surface area contributed by atoms with E-state index in [0.717, 1.165) is 16.8 Å². The molecule has 18 heavy (non-hydrogen) atoms. The molecule has 1 aromatic heterocycles. The van der Waals surface area contributed by atoms with E-state index in [1.807, 2.05) is 37.3 Å². The first kappa shape index (κ1) is 12.2. The van der Waals surface area contributed by atoms with E-state index in [0.29, 0.717) is 5.88 Å². The molecule has 0 bridgehead atoms. The number of methoxy groups -OCH3 is 1. The largest absolute Gasteiger partial charge is 0.507 e. The van der Waals surface area contributed by atoms with Crippen LogP contribution in [0.1, 0.15) is 18.2 Å². The van der Waals surface area contributed by atoms with Crippen molar-refractivity contribution in [2.45, 2.75) is 6.92 Å². The second-order valence-corrected chi connectivity index (χ2v) is 3.95. The predicted molar refractivity (Wildman–Crippen MR) is 72.4 cm³/mol. The Labute approximate surface area is 106 Å². The summed E-state index contributed by atoms with van der Waals surface area (Å²) in [7, 11) is 1.59. The highest BCUT2D eigenvalue weighted by atomic mass is 16.5. The maximum atomic E-state index is 9.72. The predicted octanol–water partition coefficient (Wildman–Crippen LogP) is 3.36. The molecule has 1 N–H and O–H groups in total. The molecule has 0 amide bonds. The third-order valence-electron chi connectivity index (χ3n) is 2.65. The van der Waals surface area contributed by atoms with Crippen LogP contribution in [0.5, 0.6) is 11.6 Å². The van der Waals surface area contributed by atoms with Crippen molar-refractivity contribution in [1.82, 2.24) is 4.98 Å². The fraction of sp³-hybridized carbons (Fsp3) is 0.133. The van der Waals surface area contributed by atoms with Crippen LogP contribution in [0.25, 0.3) is 11.6 Å². The van der Waals surface area contributed by atoms with Gasteiger partial charge in [-0.25, -0.2) is 4.98 Å². The zero-order chi connectivity index (χ0) is 13.0. The van der Waals surface area contributed by atoms with Gasteiger partial charge in [0, 0.05) is 11.6 Å². The molecule has 0 atom stereocenters. The number of hydrogen-bond donors (Lipinski definition) is 1. The summed E-state index contributed by atoms with van der Waals surface area (Å²) in [6.07, 6.45) is 1.90. The van der Waals surface area contributed by atoms with Crippen LogP contribution in [0.15, 0.2) is 42.5 Å². The first-order valence-corrected chi connectivity index (χ1v) is 5.68. The Morgan fingerprint density at radius 3 is 2.67 bits per heavy atom. The lowest BCUT2D eigenvalue weighted by atomic mass is 10.1. The second kappa shape index (κ2) is 5.36. The van der Waals surface area contributed by atoms with Gasteiger partial charge in [-0.3, -0.25) is 0 Å². The van der Waals surface area contributed by atoms with Gasteiger partial charge in [-0.05, 0) is 30.7 Å². The van der Waals surface area contributed by atoms with E-state index in [-0.39, 0.29) is 5.75 Å². The first-order chi connectivity index (χ1) is 8.70. The molecule has 92 valence electrons. The van der Waals surface area contributed by atoms with Crippen molar-refractivity contribution >= 4 is 11.6 Å². The summed E-state index contributed by atoms with van der Waals surface area (Å²) < 4.78 is 5.09. The topological polar surface area (TPSA) is 42.4 Å². The van der Waals surface area contributed by atoms with Crippen LogP contribution < -0.4 is 4.74 Å². The van der Waals surface area contributed by atoms with Crippen molar-refractivity contribution in [3.63, 3.8) is 0 Å². The molecule has 2 rings (SSSR count). The molecule has 0 spiro atoms. The van der Waals surface area contributed by atoms with Crippen molar-refractivity contribution in [1.29, 1.82) is 0 Å². The minimum Gasteiger partial charge on any atom is -0.507 e. The molecule has 0 aliphatic carbocycles. The molecular weight excluding hydrogens is 226 g/mol. The highest BCUT2D eigenvalue weighted by molar-refractivity contribution is 5.80. The van der Waals surface area contributed by atoms with Crippen molar-refractivity contribution in [2.24, 2.45) is 0 Å². The highest BCUT2D eigenvalue weighted by Crippen LogP contribution is 2.23. The standard InChI is InChI=1S/C15H15NO2/c1-11(10-12-6-3-4-8-14(12)17)13-7-5-9-15(16-13)18-2/h3-10,17H,1-2H3/b11-10+. The van der Waals surface area contributed by atoms with Crippen LogP contribution >= 0.6 is 0 Å². The Morgan fingerprint density at radius 1 is 1.17 bits per heavy atom. The van der Waals surface area contributed by atoms with Gasteiger partial charge in [0.1, 0.15) is 5.75 Å². The third kappa shape index (κ3) is 2.69. The van der Waals surface area contributed by atoms with E-state index in [4.69, 9.17) is 4.74 Å². The summed E-state index contributed by atoms with van der Waals surface area (Å²) in [6, 6.07) is 12.8. The smallest absolute Gasteiger partial charge is 0.213 e. The van der Waals surface area contributed by atoms with Crippen molar-refractivity contribution in [3.05, 3.63) is 53.7 Å². The molecule has 1 heterocycles. The van der Waals surface area contributed by atoms with Crippen LogP contribution in [0.3, 0.4) is 0 Å². The quantitative estimate of drug-likeness (QED) is 0.896. The van der Waals surface area contributed by atoms with Gasteiger partial charge < -0.3 is 9.84 Å². The number of nitrogens with zero attached hydrogens (tertiary/aromatic N) is 1. The first-order valence-electron chi connectivity index (χ1n) is 5.68. The Balaban J connectivity index is 2.36. The summed E-state index contributed by atoms with van der Waals surface area (Å²) in [6.45, 7) is 1.95. The number of phenolic OH excluding ortho intramolecular Hbond substituents is 1. The Bertz CT molecular complexity index is 576. The maximum absolute atomic E-state index is 9.72. The van der Waals surface area contributed by atoms with Gasteiger partial charge in [-0.1, -0.05) is 24.3 Å². The number of allylic oxidation sites excluding steroid dienone is 1. The number of para-hydroxylation sites is 1.